The second-order valence-electron chi connectivity index (χ2n) is 9.59. The number of rotatable bonds is 6. The van der Waals surface area contributed by atoms with E-state index in [9.17, 15) is 4.79 Å². The Hall–Kier alpha value is -2.66. The van der Waals surface area contributed by atoms with E-state index in [-0.39, 0.29) is 18.0 Å². The van der Waals surface area contributed by atoms with Crippen molar-refractivity contribution >= 4 is 16.8 Å². The molecule has 1 aromatic carbocycles. The van der Waals surface area contributed by atoms with Gasteiger partial charge in [-0.2, -0.15) is 0 Å². The first kappa shape index (κ1) is 20.3. The molecule has 31 heavy (non-hydrogen) atoms. The molecule has 0 unspecified atom stereocenters. The molecule has 2 aromatic heterocycles. The van der Waals surface area contributed by atoms with Crippen LogP contribution < -0.4 is 10.6 Å². The van der Waals surface area contributed by atoms with Crippen molar-refractivity contribution in [1.82, 2.24) is 20.2 Å². The van der Waals surface area contributed by atoms with Crippen molar-refractivity contribution in [3.05, 3.63) is 65.6 Å². The SMILES string of the molecule is CC(C)C[C@@H]1N[C@H](C(=O)NC2CCC2)Cc2cn(Cc3ccccn3)c3cccc1c23. The highest BCUT2D eigenvalue weighted by atomic mass is 16.2. The molecule has 0 radical (unpaired) electrons. The Morgan fingerprint density at radius 2 is 2.10 bits per heavy atom. The van der Waals surface area contributed by atoms with Gasteiger partial charge in [-0.3, -0.25) is 15.1 Å². The molecule has 1 amide bonds. The Morgan fingerprint density at radius 3 is 2.81 bits per heavy atom. The van der Waals surface area contributed by atoms with E-state index in [1.807, 2.05) is 18.3 Å². The molecule has 0 saturated heterocycles. The summed E-state index contributed by atoms with van der Waals surface area (Å²) in [6, 6.07) is 13.0. The van der Waals surface area contributed by atoms with Gasteiger partial charge in [-0.25, -0.2) is 0 Å². The second-order valence-corrected chi connectivity index (χ2v) is 9.59. The average molecular weight is 417 g/mol. The number of benzene rings is 1. The van der Waals surface area contributed by atoms with Crippen LogP contribution in [0.15, 0.2) is 48.8 Å². The Kier molecular flexibility index (Phi) is 5.53. The second kappa shape index (κ2) is 8.46. The number of carbonyl (C=O) groups excluding carboxylic acids is 1. The van der Waals surface area contributed by atoms with Crippen molar-refractivity contribution in [2.24, 2.45) is 5.92 Å². The highest BCUT2D eigenvalue weighted by Gasteiger charge is 2.32. The lowest BCUT2D eigenvalue weighted by molar-refractivity contribution is -0.124. The average Bonchev–Trinajstić information content (AvgIpc) is 2.98. The van der Waals surface area contributed by atoms with E-state index in [0.29, 0.717) is 12.0 Å². The maximum Gasteiger partial charge on any atom is 0.237 e. The van der Waals surface area contributed by atoms with Crippen molar-refractivity contribution < 1.29 is 4.79 Å². The minimum Gasteiger partial charge on any atom is -0.352 e. The summed E-state index contributed by atoms with van der Waals surface area (Å²) < 4.78 is 2.30. The molecule has 1 aliphatic heterocycles. The van der Waals surface area contributed by atoms with Crippen molar-refractivity contribution in [2.75, 3.05) is 0 Å². The number of nitrogens with one attached hydrogen (secondary N) is 2. The molecule has 3 aromatic rings. The summed E-state index contributed by atoms with van der Waals surface area (Å²) in [5.74, 6) is 0.692. The van der Waals surface area contributed by atoms with Crippen LogP contribution in [-0.4, -0.2) is 27.5 Å². The maximum atomic E-state index is 13.2. The zero-order chi connectivity index (χ0) is 21.4. The molecule has 2 N–H and O–H groups in total. The maximum absolute atomic E-state index is 13.2. The number of carbonyl (C=O) groups is 1. The predicted molar refractivity (Wildman–Crippen MR) is 124 cm³/mol. The molecule has 3 heterocycles. The van der Waals surface area contributed by atoms with Crippen LogP contribution in [0, 0.1) is 5.92 Å². The zero-order valence-corrected chi connectivity index (χ0v) is 18.5. The Labute approximate surface area is 184 Å². The van der Waals surface area contributed by atoms with Gasteiger partial charge in [0.25, 0.3) is 0 Å². The Morgan fingerprint density at radius 1 is 1.23 bits per heavy atom. The van der Waals surface area contributed by atoms with Crippen LogP contribution in [0.4, 0.5) is 0 Å². The summed E-state index contributed by atoms with van der Waals surface area (Å²) in [5, 5.41) is 8.32. The number of pyridine rings is 1. The molecule has 0 bridgehead atoms. The van der Waals surface area contributed by atoms with Gasteiger partial charge in [-0.15, -0.1) is 0 Å². The van der Waals surface area contributed by atoms with E-state index in [1.54, 1.807) is 0 Å². The molecular formula is C26H32N4O. The predicted octanol–water partition coefficient (Wildman–Crippen LogP) is 4.35. The van der Waals surface area contributed by atoms with Crippen LogP contribution in [-0.2, 0) is 17.8 Å². The van der Waals surface area contributed by atoms with E-state index < -0.39 is 0 Å². The summed E-state index contributed by atoms with van der Waals surface area (Å²) in [6.07, 6.45) is 9.26. The Balaban J connectivity index is 1.53. The molecular weight excluding hydrogens is 384 g/mol. The third-order valence-electron chi connectivity index (χ3n) is 6.75. The van der Waals surface area contributed by atoms with E-state index in [0.717, 1.165) is 37.9 Å². The van der Waals surface area contributed by atoms with Gasteiger partial charge in [0.2, 0.25) is 5.91 Å². The van der Waals surface area contributed by atoms with Gasteiger partial charge in [-0.05, 0) is 67.3 Å². The molecule has 2 atom stereocenters. The molecule has 2 aliphatic rings. The fraction of sp³-hybridized carbons (Fsp3) is 0.462. The molecule has 5 nitrogen and oxygen atoms in total. The van der Waals surface area contributed by atoms with Crippen molar-refractivity contribution in [1.29, 1.82) is 0 Å². The first-order valence-corrected chi connectivity index (χ1v) is 11.7. The summed E-state index contributed by atoms with van der Waals surface area (Å²) in [6.45, 7) is 5.24. The van der Waals surface area contributed by atoms with Crippen LogP contribution in [0.25, 0.3) is 10.9 Å². The van der Waals surface area contributed by atoms with Crippen LogP contribution in [0.5, 0.6) is 0 Å². The lowest BCUT2D eigenvalue weighted by Crippen LogP contribution is -2.51. The Bertz CT molecular complexity index is 1070. The fourth-order valence-corrected chi connectivity index (χ4v) is 5.01. The zero-order valence-electron chi connectivity index (χ0n) is 18.5. The van der Waals surface area contributed by atoms with Gasteiger partial charge in [-0.1, -0.05) is 32.0 Å². The molecule has 1 fully saturated rings. The fourth-order valence-electron chi connectivity index (χ4n) is 5.01. The minimum atomic E-state index is -0.203. The van der Waals surface area contributed by atoms with E-state index in [1.165, 1.54) is 28.5 Å². The normalized spacial score (nSPS) is 21.1. The highest BCUT2D eigenvalue weighted by molar-refractivity contribution is 5.90. The van der Waals surface area contributed by atoms with E-state index in [4.69, 9.17) is 0 Å². The van der Waals surface area contributed by atoms with Crippen LogP contribution >= 0.6 is 0 Å². The number of nitrogens with zero attached hydrogens (tertiary/aromatic N) is 2. The lowest BCUT2D eigenvalue weighted by atomic mass is 9.92. The van der Waals surface area contributed by atoms with Gasteiger partial charge in [0.15, 0.2) is 0 Å². The highest BCUT2D eigenvalue weighted by Crippen LogP contribution is 2.36. The van der Waals surface area contributed by atoms with Crippen molar-refractivity contribution in [3.63, 3.8) is 0 Å². The smallest absolute Gasteiger partial charge is 0.237 e. The van der Waals surface area contributed by atoms with Crippen molar-refractivity contribution in [2.45, 2.75) is 70.6 Å². The largest absolute Gasteiger partial charge is 0.352 e. The number of amides is 1. The summed E-state index contributed by atoms with van der Waals surface area (Å²) in [7, 11) is 0. The summed E-state index contributed by atoms with van der Waals surface area (Å²) >= 11 is 0. The van der Waals surface area contributed by atoms with Crippen LogP contribution in [0.2, 0.25) is 0 Å². The molecule has 1 saturated carbocycles. The summed E-state index contributed by atoms with van der Waals surface area (Å²) in [4.78, 5) is 17.7. The molecule has 1 aliphatic carbocycles. The van der Waals surface area contributed by atoms with Crippen LogP contribution in [0.1, 0.15) is 62.4 Å². The van der Waals surface area contributed by atoms with Gasteiger partial charge in [0.05, 0.1) is 18.3 Å². The minimum absolute atomic E-state index is 0.150. The molecule has 5 rings (SSSR count). The van der Waals surface area contributed by atoms with Gasteiger partial charge in [0, 0.05) is 35.4 Å². The molecule has 5 heteroatoms. The third kappa shape index (κ3) is 4.11. The summed E-state index contributed by atoms with van der Waals surface area (Å²) in [5.41, 5.74) is 4.85. The van der Waals surface area contributed by atoms with E-state index in [2.05, 4.69) is 64.5 Å². The first-order valence-electron chi connectivity index (χ1n) is 11.7. The van der Waals surface area contributed by atoms with Crippen molar-refractivity contribution in [3.8, 4) is 0 Å². The number of hydrogen-bond acceptors (Lipinski definition) is 3. The lowest BCUT2D eigenvalue weighted by Gasteiger charge is -2.30. The quantitative estimate of drug-likeness (QED) is 0.628. The number of aromatic nitrogens is 2. The van der Waals surface area contributed by atoms with E-state index >= 15 is 0 Å². The standard InChI is InChI=1S/C26H32N4O/c1-17(2)13-22-21-10-6-11-24-25(21)18(15-30(24)16-20-7-3-4-12-27-20)14-23(29-22)26(31)28-19-8-5-9-19/h3-4,6-7,10-12,15,17,19,22-23,29H,5,8-9,13-14,16H2,1-2H3,(H,28,31)/t22-,23-/m0/s1. The molecule has 162 valence electrons. The van der Waals surface area contributed by atoms with Gasteiger partial charge < -0.3 is 9.88 Å². The number of hydrogen-bond donors (Lipinski definition) is 2. The van der Waals surface area contributed by atoms with Gasteiger partial charge >= 0.3 is 0 Å². The third-order valence-corrected chi connectivity index (χ3v) is 6.75. The first-order chi connectivity index (χ1) is 15.1. The monoisotopic (exact) mass is 416 g/mol. The topological polar surface area (TPSA) is 59.0 Å². The van der Waals surface area contributed by atoms with Gasteiger partial charge in [0.1, 0.15) is 0 Å². The van der Waals surface area contributed by atoms with Crippen LogP contribution in [0.3, 0.4) is 0 Å². The molecule has 0 spiro atoms.